The number of rotatable bonds is 12. The molecule has 1 N–H and O–H groups in total. The van der Waals surface area contributed by atoms with E-state index in [4.69, 9.17) is 5.11 Å². The number of hydrogen-bond donors (Lipinski definition) is 1. The molecule has 0 aliphatic heterocycles. The molecule has 0 aliphatic rings. The topological polar surface area (TPSA) is 37.3 Å². The summed E-state index contributed by atoms with van der Waals surface area (Å²) >= 11 is 0. The summed E-state index contributed by atoms with van der Waals surface area (Å²) in [6, 6.07) is 0. The van der Waals surface area contributed by atoms with Crippen molar-refractivity contribution in [2.24, 2.45) is 0 Å². The molecule has 0 radical (unpaired) electrons. The number of hydrogen-bond acceptors (Lipinski definition) is 1. The van der Waals surface area contributed by atoms with E-state index in [1.807, 2.05) is 0 Å². The lowest BCUT2D eigenvalue weighted by Crippen LogP contribution is -1.93. The van der Waals surface area contributed by atoms with Gasteiger partial charge in [0.15, 0.2) is 0 Å². The van der Waals surface area contributed by atoms with Crippen LogP contribution in [0.3, 0.4) is 0 Å². The molecule has 0 aromatic heterocycles. The Bertz CT molecular complexity index is 181. The van der Waals surface area contributed by atoms with Gasteiger partial charge in [-0.1, -0.05) is 44.9 Å². The first-order chi connectivity index (χ1) is 8.13. The Kier molecular flexibility index (Phi) is 12.3. The zero-order valence-corrected chi connectivity index (χ0v) is 12.5. The van der Waals surface area contributed by atoms with Crippen LogP contribution < -0.4 is 0 Å². The van der Waals surface area contributed by atoms with E-state index >= 15 is 0 Å². The maximum atomic E-state index is 10.3. The van der Waals surface area contributed by atoms with Gasteiger partial charge in [-0.25, -0.2) is 0 Å². The Balaban J connectivity index is 2.96. The van der Waals surface area contributed by atoms with Crippen molar-refractivity contribution in [3.8, 4) is 0 Å². The van der Waals surface area contributed by atoms with E-state index < -0.39 is 5.97 Å². The second-order valence-corrected chi connectivity index (χ2v) is 7.74. The van der Waals surface area contributed by atoms with E-state index in [2.05, 4.69) is 13.3 Å². The Labute approximate surface area is 108 Å². The highest BCUT2D eigenvalue weighted by molar-refractivity contribution is 7.55. The van der Waals surface area contributed by atoms with E-state index in [0.717, 1.165) is 12.8 Å². The lowest BCUT2D eigenvalue weighted by atomic mass is 10.1. The minimum atomic E-state index is -0.656. The molecule has 0 aliphatic carbocycles. The van der Waals surface area contributed by atoms with Crippen LogP contribution in [0.1, 0.15) is 64.2 Å². The fourth-order valence-corrected chi connectivity index (χ4v) is 2.80. The molecule has 0 saturated heterocycles. The highest BCUT2D eigenvalue weighted by Crippen LogP contribution is 2.26. The second kappa shape index (κ2) is 12.4. The molecule has 3 heteroatoms. The summed E-state index contributed by atoms with van der Waals surface area (Å²) in [5.74, 6) is -0.656. The molecule has 0 aromatic carbocycles. The van der Waals surface area contributed by atoms with Gasteiger partial charge in [0.25, 0.3) is 0 Å². The zero-order chi connectivity index (χ0) is 12.9. The van der Waals surface area contributed by atoms with E-state index in [0.29, 0.717) is 14.3 Å². The number of aliphatic carboxylic acids is 1. The first-order valence-corrected chi connectivity index (χ1v) is 9.41. The molecule has 0 atom stereocenters. The van der Waals surface area contributed by atoms with Gasteiger partial charge in [-0.2, -0.15) is 0 Å². The van der Waals surface area contributed by atoms with Crippen molar-refractivity contribution in [3.63, 3.8) is 0 Å². The predicted octanol–water partition coefficient (Wildman–Crippen LogP) is 4.71. The fourth-order valence-electron chi connectivity index (χ4n) is 1.94. The quantitative estimate of drug-likeness (QED) is 0.407. The van der Waals surface area contributed by atoms with Gasteiger partial charge in [0.05, 0.1) is 0 Å². The highest BCUT2D eigenvalue weighted by atomic mass is 31.1. The van der Waals surface area contributed by atoms with Gasteiger partial charge >= 0.3 is 5.97 Å². The molecule has 2 nitrogen and oxygen atoms in total. The normalized spacial score (nSPS) is 11.0. The molecule has 0 aromatic rings. The molecular formula is C14H29O2P. The van der Waals surface area contributed by atoms with Crippen LogP contribution in [-0.2, 0) is 4.79 Å². The summed E-state index contributed by atoms with van der Waals surface area (Å²) in [4.78, 5) is 10.3. The number of unbranched alkanes of at least 4 members (excludes halogenated alkanes) is 8. The first kappa shape index (κ1) is 16.9. The summed E-state index contributed by atoms with van der Waals surface area (Å²) in [7, 11) is 0.312. The number of carbonyl (C=O) groups is 1. The molecule has 0 heterocycles. The van der Waals surface area contributed by atoms with Crippen molar-refractivity contribution >= 4 is 13.9 Å². The van der Waals surface area contributed by atoms with Crippen molar-refractivity contribution < 1.29 is 9.90 Å². The van der Waals surface area contributed by atoms with Crippen LogP contribution in [-0.4, -0.2) is 30.6 Å². The standard InChI is InChI=1S/C14H29O2P/c1-17(2)13-11-9-7-5-3-4-6-8-10-12-14(15)16/h3-13H2,1-2H3,(H,15,16). The van der Waals surface area contributed by atoms with Gasteiger partial charge < -0.3 is 5.11 Å². The SMILES string of the molecule is CP(C)CCCCCCCCCCCC(=O)O. The summed E-state index contributed by atoms with van der Waals surface area (Å²) < 4.78 is 0. The predicted molar refractivity (Wildman–Crippen MR) is 77.4 cm³/mol. The minimum absolute atomic E-state index is 0.312. The van der Waals surface area contributed by atoms with Crippen molar-refractivity contribution in [1.82, 2.24) is 0 Å². The van der Waals surface area contributed by atoms with Crippen LogP contribution in [0.4, 0.5) is 0 Å². The molecule has 0 saturated carbocycles. The second-order valence-electron chi connectivity index (χ2n) is 5.13. The van der Waals surface area contributed by atoms with Crippen LogP contribution in [0.15, 0.2) is 0 Å². The summed E-state index contributed by atoms with van der Waals surface area (Å²) in [6.07, 6.45) is 13.1. The van der Waals surface area contributed by atoms with Gasteiger partial charge in [-0.15, -0.1) is 7.92 Å². The molecule has 0 unspecified atom stereocenters. The number of carboxylic acid groups (broad SMARTS) is 1. The average molecular weight is 260 g/mol. The van der Waals surface area contributed by atoms with Gasteiger partial charge in [0.1, 0.15) is 0 Å². The molecule has 0 amide bonds. The van der Waals surface area contributed by atoms with Crippen molar-refractivity contribution in [1.29, 1.82) is 0 Å². The minimum Gasteiger partial charge on any atom is -0.481 e. The van der Waals surface area contributed by atoms with Crippen LogP contribution >= 0.6 is 7.92 Å². The average Bonchev–Trinajstić information content (AvgIpc) is 2.25. The van der Waals surface area contributed by atoms with Crippen molar-refractivity contribution in [3.05, 3.63) is 0 Å². The third-order valence-electron chi connectivity index (χ3n) is 3.00. The summed E-state index contributed by atoms with van der Waals surface area (Å²) in [5.41, 5.74) is 0. The largest absolute Gasteiger partial charge is 0.481 e. The third kappa shape index (κ3) is 15.9. The molecule has 102 valence electrons. The first-order valence-electron chi connectivity index (χ1n) is 6.99. The van der Waals surface area contributed by atoms with Crippen LogP contribution in [0.5, 0.6) is 0 Å². The third-order valence-corrected chi connectivity index (χ3v) is 4.21. The molecule has 0 fully saturated rings. The maximum Gasteiger partial charge on any atom is 0.303 e. The van der Waals surface area contributed by atoms with E-state index in [-0.39, 0.29) is 0 Å². The molecule has 0 spiro atoms. The van der Waals surface area contributed by atoms with Crippen LogP contribution in [0.2, 0.25) is 0 Å². The summed E-state index contributed by atoms with van der Waals surface area (Å²) in [5, 5.41) is 8.48. The van der Waals surface area contributed by atoms with E-state index in [1.54, 1.807) is 0 Å². The van der Waals surface area contributed by atoms with E-state index in [1.165, 1.54) is 51.1 Å². The van der Waals surface area contributed by atoms with Gasteiger partial charge in [0, 0.05) is 6.42 Å². The van der Waals surface area contributed by atoms with Gasteiger partial charge in [-0.05, 0) is 32.3 Å². The molecular weight excluding hydrogens is 231 g/mol. The molecule has 0 rings (SSSR count). The molecule has 0 bridgehead atoms. The lowest BCUT2D eigenvalue weighted by Gasteiger charge is -2.05. The Morgan fingerprint density at radius 1 is 0.824 bits per heavy atom. The van der Waals surface area contributed by atoms with Crippen LogP contribution in [0.25, 0.3) is 0 Å². The lowest BCUT2D eigenvalue weighted by molar-refractivity contribution is -0.137. The maximum absolute atomic E-state index is 10.3. The Morgan fingerprint density at radius 3 is 1.65 bits per heavy atom. The molecule has 17 heavy (non-hydrogen) atoms. The monoisotopic (exact) mass is 260 g/mol. The van der Waals surface area contributed by atoms with Crippen molar-refractivity contribution in [2.45, 2.75) is 64.2 Å². The Hall–Kier alpha value is -0.100. The highest BCUT2D eigenvalue weighted by Gasteiger charge is 1.97. The summed E-state index contributed by atoms with van der Waals surface area (Å²) in [6.45, 7) is 4.71. The zero-order valence-electron chi connectivity index (χ0n) is 11.6. The smallest absolute Gasteiger partial charge is 0.303 e. The van der Waals surface area contributed by atoms with Crippen LogP contribution in [0, 0.1) is 0 Å². The fraction of sp³-hybridized carbons (Fsp3) is 0.929. The van der Waals surface area contributed by atoms with Crippen molar-refractivity contribution in [2.75, 3.05) is 19.5 Å². The Morgan fingerprint density at radius 2 is 1.24 bits per heavy atom. The van der Waals surface area contributed by atoms with Gasteiger partial charge in [-0.3, -0.25) is 4.79 Å². The number of carboxylic acids is 1. The van der Waals surface area contributed by atoms with Gasteiger partial charge in [0.2, 0.25) is 0 Å². The van der Waals surface area contributed by atoms with E-state index in [9.17, 15) is 4.79 Å².